The van der Waals surface area contributed by atoms with Gasteiger partial charge in [0.25, 0.3) is 0 Å². The van der Waals surface area contributed by atoms with Crippen LogP contribution in [0.4, 0.5) is 19.0 Å². The van der Waals surface area contributed by atoms with Crippen molar-refractivity contribution in [3.05, 3.63) is 48.0 Å². The van der Waals surface area contributed by atoms with Crippen molar-refractivity contribution in [3.63, 3.8) is 0 Å². The summed E-state index contributed by atoms with van der Waals surface area (Å²) >= 11 is 0. The van der Waals surface area contributed by atoms with Crippen molar-refractivity contribution in [1.29, 1.82) is 0 Å². The van der Waals surface area contributed by atoms with E-state index in [2.05, 4.69) is 4.98 Å². The van der Waals surface area contributed by atoms with E-state index in [9.17, 15) is 23.1 Å². The fourth-order valence-electron chi connectivity index (χ4n) is 2.43. The number of pyridine rings is 1. The summed E-state index contributed by atoms with van der Waals surface area (Å²) in [6.07, 6.45) is -2.49. The maximum Gasteiger partial charge on any atom is 0.423 e. The molecule has 0 spiro atoms. The van der Waals surface area contributed by atoms with Gasteiger partial charge in [0.1, 0.15) is 11.6 Å². The van der Waals surface area contributed by atoms with Crippen molar-refractivity contribution in [2.45, 2.75) is 18.2 Å². The lowest BCUT2D eigenvalue weighted by atomic mass is 9.97. The van der Waals surface area contributed by atoms with Crippen molar-refractivity contribution in [1.82, 2.24) is 4.98 Å². The van der Waals surface area contributed by atoms with Crippen molar-refractivity contribution < 1.29 is 27.5 Å². The maximum absolute atomic E-state index is 13.2. The Labute approximate surface area is 123 Å². The first-order valence-corrected chi connectivity index (χ1v) is 6.40. The third kappa shape index (κ3) is 2.16. The average Bonchev–Trinajstić information content (AvgIpc) is 3.06. The lowest BCUT2D eigenvalue weighted by Crippen LogP contribution is -2.47. The number of carbonyl (C=O) groups is 1. The second-order valence-electron chi connectivity index (χ2n) is 4.97. The molecule has 1 aliphatic rings. The second kappa shape index (κ2) is 4.84. The highest BCUT2D eigenvalue weighted by atomic mass is 19.4. The molecule has 0 aromatic carbocycles. The van der Waals surface area contributed by atoms with Crippen LogP contribution in [0.5, 0.6) is 0 Å². The average molecular weight is 312 g/mol. The van der Waals surface area contributed by atoms with E-state index in [1.165, 1.54) is 18.5 Å². The van der Waals surface area contributed by atoms with Crippen LogP contribution in [-0.4, -0.2) is 28.7 Å². The van der Waals surface area contributed by atoms with Gasteiger partial charge in [0, 0.05) is 11.8 Å². The van der Waals surface area contributed by atoms with Crippen LogP contribution >= 0.6 is 0 Å². The number of aliphatic hydroxyl groups is 1. The third-order valence-corrected chi connectivity index (χ3v) is 3.55. The minimum absolute atomic E-state index is 0.182. The molecule has 0 saturated heterocycles. The fraction of sp³-hybridized carbons (Fsp3) is 0.286. The van der Waals surface area contributed by atoms with E-state index in [1.54, 1.807) is 12.1 Å². The number of fused-ring (bicyclic) bond motifs is 1. The van der Waals surface area contributed by atoms with Crippen molar-refractivity contribution in [2.24, 2.45) is 0 Å². The number of hydrogen-bond acceptors (Lipinski definition) is 4. The molecule has 2 aromatic heterocycles. The number of nitrogens with zero attached hydrogens (tertiary/aromatic N) is 2. The van der Waals surface area contributed by atoms with Gasteiger partial charge >= 0.3 is 6.18 Å². The molecule has 3 rings (SSSR count). The zero-order valence-electron chi connectivity index (χ0n) is 11.2. The van der Waals surface area contributed by atoms with Gasteiger partial charge in [-0.25, -0.2) is 4.98 Å². The number of anilines is 1. The standard InChI is InChI=1S/C14H11F3N2O3/c15-14(16,17)13(21)8-19(12-10(13)4-1-5-18-12)11(20)7-9-3-2-6-22-9/h1-6,21H,7-8H2. The molecule has 1 N–H and O–H groups in total. The quantitative estimate of drug-likeness (QED) is 0.921. The summed E-state index contributed by atoms with van der Waals surface area (Å²) in [5, 5.41) is 10.0. The minimum Gasteiger partial charge on any atom is -0.469 e. The molecular formula is C14H11F3N2O3. The number of alkyl halides is 3. The number of carbonyl (C=O) groups excluding carboxylic acids is 1. The topological polar surface area (TPSA) is 66.6 Å². The van der Waals surface area contributed by atoms with Crippen LogP contribution in [0.2, 0.25) is 0 Å². The first kappa shape index (κ1) is 14.6. The summed E-state index contributed by atoms with van der Waals surface area (Å²) in [7, 11) is 0. The number of halogens is 3. The van der Waals surface area contributed by atoms with Gasteiger partial charge in [-0.1, -0.05) is 6.07 Å². The van der Waals surface area contributed by atoms with Gasteiger partial charge in [0.15, 0.2) is 0 Å². The number of aromatic nitrogens is 1. The summed E-state index contributed by atoms with van der Waals surface area (Å²) in [4.78, 5) is 16.9. The first-order valence-electron chi connectivity index (χ1n) is 6.40. The van der Waals surface area contributed by atoms with Crippen LogP contribution < -0.4 is 4.90 Å². The predicted octanol–water partition coefficient (Wildman–Crippen LogP) is 2.01. The summed E-state index contributed by atoms with van der Waals surface area (Å²) in [6.45, 7) is -0.914. The zero-order chi connectivity index (χ0) is 16.0. The Kier molecular flexibility index (Phi) is 3.21. The Hall–Kier alpha value is -2.35. The van der Waals surface area contributed by atoms with Gasteiger partial charge in [-0.2, -0.15) is 13.2 Å². The number of rotatable bonds is 2. The minimum atomic E-state index is -4.91. The molecule has 22 heavy (non-hydrogen) atoms. The second-order valence-corrected chi connectivity index (χ2v) is 4.97. The fourth-order valence-corrected chi connectivity index (χ4v) is 2.43. The third-order valence-electron chi connectivity index (χ3n) is 3.55. The molecule has 3 heterocycles. The van der Waals surface area contributed by atoms with E-state index in [0.717, 1.165) is 11.0 Å². The van der Waals surface area contributed by atoms with Gasteiger partial charge in [0.2, 0.25) is 11.5 Å². The molecular weight excluding hydrogens is 301 g/mol. The summed E-state index contributed by atoms with van der Waals surface area (Å²) in [5.74, 6) is -0.487. The highest BCUT2D eigenvalue weighted by molar-refractivity contribution is 5.96. The van der Waals surface area contributed by atoms with Crippen LogP contribution in [0.1, 0.15) is 11.3 Å². The highest BCUT2D eigenvalue weighted by Crippen LogP contribution is 2.47. The van der Waals surface area contributed by atoms with Gasteiger partial charge < -0.3 is 9.52 Å². The Morgan fingerprint density at radius 2 is 2.18 bits per heavy atom. The number of β-amino-alcohol motifs (C(OH)–C–C–N with tert-alkyl or cyclic N) is 1. The summed E-state index contributed by atoms with van der Waals surface area (Å²) in [5.41, 5.74) is -3.54. The van der Waals surface area contributed by atoms with E-state index in [1.807, 2.05) is 0 Å². The molecule has 8 heteroatoms. The molecule has 0 saturated carbocycles. The molecule has 1 aliphatic heterocycles. The molecule has 116 valence electrons. The highest BCUT2D eigenvalue weighted by Gasteiger charge is 2.61. The molecule has 5 nitrogen and oxygen atoms in total. The van der Waals surface area contributed by atoms with E-state index in [0.29, 0.717) is 5.76 Å². The SMILES string of the molecule is O=C(Cc1ccco1)N1CC(O)(C(F)(F)F)c2cccnc21. The van der Waals surface area contributed by atoms with Crippen LogP contribution in [0.3, 0.4) is 0 Å². The van der Waals surface area contributed by atoms with Gasteiger partial charge in [-0.3, -0.25) is 9.69 Å². The van der Waals surface area contributed by atoms with Crippen molar-refractivity contribution >= 4 is 11.7 Å². The maximum atomic E-state index is 13.2. The molecule has 1 amide bonds. The molecule has 0 bridgehead atoms. The molecule has 0 aliphatic carbocycles. The van der Waals surface area contributed by atoms with Crippen LogP contribution in [-0.2, 0) is 16.8 Å². The Balaban J connectivity index is 1.96. The Morgan fingerprint density at radius 3 is 2.82 bits per heavy atom. The van der Waals surface area contributed by atoms with Crippen molar-refractivity contribution in [3.8, 4) is 0 Å². The van der Waals surface area contributed by atoms with Gasteiger partial charge in [-0.15, -0.1) is 0 Å². The molecule has 1 atom stereocenters. The van der Waals surface area contributed by atoms with Crippen LogP contribution in [0, 0.1) is 0 Å². The molecule has 1 unspecified atom stereocenters. The number of amides is 1. The van der Waals surface area contributed by atoms with E-state index >= 15 is 0 Å². The van der Waals surface area contributed by atoms with Crippen molar-refractivity contribution in [2.75, 3.05) is 11.4 Å². The normalized spacial score (nSPS) is 21.0. The molecule has 0 radical (unpaired) electrons. The van der Waals surface area contributed by atoms with E-state index in [4.69, 9.17) is 4.42 Å². The smallest absolute Gasteiger partial charge is 0.423 e. The molecule has 0 fully saturated rings. The van der Waals surface area contributed by atoms with Crippen LogP contribution in [0.15, 0.2) is 41.1 Å². The lowest BCUT2D eigenvalue weighted by molar-refractivity contribution is -0.259. The van der Waals surface area contributed by atoms with Gasteiger partial charge in [-0.05, 0) is 18.2 Å². The lowest BCUT2D eigenvalue weighted by Gasteiger charge is -2.26. The summed E-state index contributed by atoms with van der Waals surface area (Å²) in [6, 6.07) is 5.53. The molecule has 2 aromatic rings. The first-order chi connectivity index (χ1) is 10.3. The largest absolute Gasteiger partial charge is 0.469 e. The summed E-state index contributed by atoms with van der Waals surface area (Å²) < 4.78 is 44.6. The Bertz CT molecular complexity index is 700. The Morgan fingerprint density at radius 1 is 1.41 bits per heavy atom. The van der Waals surface area contributed by atoms with Gasteiger partial charge in [0.05, 0.1) is 19.2 Å². The van der Waals surface area contributed by atoms with E-state index in [-0.39, 0.29) is 12.2 Å². The predicted molar refractivity (Wildman–Crippen MR) is 69.0 cm³/mol. The number of hydrogen-bond donors (Lipinski definition) is 1. The zero-order valence-corrected chi connectivity index (χ0v) is 11.2. The number of furan rings is 1. The monoisotopic (exact) mass is 312 g/mol. The van der Waals surface area contributed by atoms with Crippen LogP contribution in [0.25, 0.3) is 0 Å². The van der Waals surface area contributed by atoms with E-state index < -0.39 is 29.8 Å².